The van der Waals surface area contributed by atoms with E-state index >= 15 is 0 Å². The predicted octanol–water partition coefficient (Wildman–Crippen LogP) is 5.64. The molecule has 0 atom stereocenters. The molecule has 1 amide bonds. The molecule has 1 aromatic heterocycles. The zero-order chi connectivity index (χ0) is 28.6. The van der Waals surface area contributed by atoms with Gasteiger partial charge in [0.05, 0.1) is 10.5 Å². The van der Waals surface area contributed by atoms with E-state index in [4.69, 9.17) is 16.3 Å². The number of benzene rings is 2. The molecule has 2 aromatic carbocycles. The minimum atomic E-state index is -2.94. The molecule has 1 saturated heterocycles. The van der Waals surface area contributed by atoms with Crippen LogP contribution in [0.25, 0.3) is 10.9 Å². The van der Waals surface area contributed by atoms with Gasteiger partial charge in [-0.1, -0.05) is 11.6 Å². The summed E-state index contributed by atoms with van der Waals surface area (Å²) < 4.78 is 48.1. The zero-order valence-electron chi connectivity index (χ0n) is 21.9. The van der Waals surface area contributed by atoms with Gasteiger partial charge in [-0.05, 0) is 68.0 Å². The number of hydrogen-bond acceptors (Lipinski definition) is 5. The van der Waals surface area contributed by atoms with Gasteiger partial charge in [-0.2, -0.15) is 0 Å². The van der Waals surface area contributed by atoms with Gasteiger partial charge in [0.1, 0.15) is 23.7 Å². The molecule has 0 bridgehead atoms. The molecule has 5 rings (SSSR count). The van der Waals surface area contributed by atoms with Crippen molar-refractivity contribution in [3.05, 3.63) is 74.8 Å². The molecular weight excluding hydrogens is 547 g/mol. The Morgan fingerprint density at radius 2 is 1.77 bits per heavy atom. The number of hydrazine groups is 1. The number of pyridine rings is 1. The molecule has 0 spiro atoms. The van der Waals surface area contributed by atoms with E-state index in [2.05, 4.69) is 5.43 Å². The number of amides is 1. The van der Waals surface area contributed by atoms with E-state index in [9.17, 15) is 27.6 Å². The van der Waals surface area contributed by atoms with Gasteiger partial charge in [-0.15, -0.1) is 0 Å². The first-order valence-electron chi connectivity index (χ1n) is 13.2. The summed E-state index contributed by atoms with van der Waals surface area (Å²) in [5.74, 6) is -3.87. The van der Waals surface area contributed by atoms with Crippen molar-refractivity contribution < 1.29 is 27.5 Å². The van der Waals surface area contributed by atoms with Crippen molar-refractivity contribution in [1.82, 2.24) is 15.0 Å². The van der Waals surface area contributed by atoms with E-state index in [1.165, 1.54) is 36.5 Å². The van der Waals surface area contributed by atoms with Crippen LogP contribution < -0.4 is 15.6 Å². The van der Waals surface area contributed by atoms with Gasteiger partial charge in [0.25, 0.3) is 11.8 Å². The number of nitrogens with zero attached hydrogens (tertiary/aromatic N) is 2. The van der Waals surface area contributed by atoms with Crippen LogP contribution in [0, 0.1) is 11.7 Å². The average Bonchev–Trinajstić information content (AvgIpc) is 3.75. The Labute approximate surface area is 233 Å². The van der Waals surface area contributed by atoms with Crippen molar-refractivity contribution in [3.8, 4) is 5.75 Å². The highest BCUT2D eigenvalue weighted by atomic mass is 35.5. The second-order valence-electron chi connectivity index (χ2n) is 10.6. The Morgan fingerprint density at radius 1 is 1.10 bits per heavy atom. The summed E-state index contributed by atoms with van der Waals surface area (Å²) in [5.41, 5.74) is 2.54. The number of Topliss-reactive ketones (excluding diaryl/α,β-unsaturated/α-hetero) is 1. The number of ether oxygens (including phenoxy) is 1. The lowest BCUT2D eigenvalue weighted by atomic mass is 9.92. The number of alkyl halides is 2. The SMILES string of the molecule is CC(F)(F)c1ccc(OCC(=O)CC2CCN(NC(=O)c3cn(C4CC4)c4cc(Cl)c(F)cc4c3=O)CC2)cc1. The summed E-state index contributed by atoms with van der Waals surface area (Å²) in [7, 11) is 0. The van der Waals surface area contributed by atoms with Crippen molar-refractivity contribution in [2.45, 2.75) is 51.0 Å². The maximum atomic E-state index is 14.2. The molecular formula is C29H29ClF3N3O4. The van der Waals surface area contributed by atoms with Crippen molar-refractivity contribution in [1.29, 1.82) is 0 Å². The molecule has 2 aliphatic rings. The van der Waals surface area contributed by atoms with Crippen LogP contribution in [0.15, 0.2) is 47.4 Å². The molecule has 40 heavy (non-hydrogen) atoms. The maximum Gasteiger partial charge on any atom is 0.271 e. The number of ketones is 1. The van der Waals surface area contributed by atoms with Crippen molar-refractivity contribution in [3.63, 3.8) is 0 Å². The van der Waals surface area contributed by atoms with Gasteiger partial charge in [-0.3, -0.25) is 19.8 Å². The second-order valence-corrected chi connectivity index (χ2v) is 11.0. The van der Waals surface area contributed by atoms with Gasteiger partial charge >= 0.3 is 0 Å². The summed E-state index contributed by atoms with van der Waals surface area (Å²) in [6, 6.07) is 8.03. The summed E-state index contributed by atoms with van der Waals surface area (Å²) in [6.45, 7) is 1.65. The third kappa shape index (κ3) is 6.33. The standard InChI is InChI=1S/C29H29ClF3N3O4/c1-29(32,33)18-2-6-21(7-3-18)40-16-20(37)12-17-8-10-35(11-9-17)34-28(39)23-15-36(19-4-5-19)26-14-24(30)25(31)13-22(26)27(23)38/h2-3,6-7,13-15,17,19H,4-5,8-12,16H2,1H3,(H,34,39). The van der Waals surface area contributed by atoms with Gasteiger partial charge < -0.3 is 9.30 Å². The number of fused-ring (bicyclic) bond motifs is 1. The third-order valence-corrected chi connectivity index (χ3v) is 7.70. The highest BCUT2D eigenvalue weighted by molar-refractivity contribution is 6.31. The number of rotatable bonds is 9. The van der Waals surface area contributed by atoms with Crippen LogP contribution in [0.1, 0.15) is 61.0 Å². The summed E-state index contributed by atoms with van der Waals surface area (Å²) in [5, 5.41) is 1.75. The van der Waals surface area contributed by atoms with Crippen molar-refractivity contribution in [2.24, 2.45) is 5.92 Å². The van der Waals surface area contributed by atoms with Crippen LogP contribution in [0.4, 0.5) is 13.2 Å². The van der Waals surface area contributed by atoms with Crippen LogP contribution in [-0.4, -0.2) is 41.0 Å². The Bertz CT molecular complexity index is 1490. The normalized spacial score (nSPS) is 16.7. The largest absolute Gasteiger partial charge is 0.486 e. The summed E-state index contributed by atoms with van der Waals surface area (Å²) in [4.78, 5) is 38.6. The lowest BCUT2D eigenvalue weighted by Gasteiger charge is -2.31. The zero-order valence-corrected chi connectivity index (χ0v) is 22.6. The minimum absolute atomic E-state index is 0.0636. The number of aromatic nitrogens is 1. The van der Waals surface area contributed by atoms with E-state index in [-0.39, 0.29) is 45.9 Å². The highest BCUT2D eigenvalue weighted by Crippen LogP contribution is 2.37. The number of carbonyl (C=O) groups is 2. The number of halogens is 4. The van der Waals surface area contributed by atoms with Crippen molar-refractivity contribution in [2.75, 3.05) is 19.7 Å². The lowest BCUT2D eigenvalue weighted by molar-refractivity contribution is -0.122. The Hall–Kier alpha value is -3.37. The molecule has 0 radical (unpaired) electrons. The molecule has 0 unspecified atom stereocenters. The average molecular weight is 576 g/mol. The van der Waals surface area contributed by atoms with Crippen molar-refractivity contribution >= 4 is 34.2 Å². The van der Waals surface area contributed by atoms with Crippen LogP contribution in [0.5, 0.6) is 5.75 Å². The van der Waals surface area contributed by atoms with Gasteiger partial charge in [0.2, 0.25) is 5.43 Å². The monoisotopic (exact) mass is 575 g/mol. The molecule has 1 aliphatic heterocycles. The predicted molar refractivity (Wildman–Crippen MR) is 144 cm³/mol. The third-order valence-electron chi connectivity index (χ3n) is 7.41. The van der Waals surface area contributed by atoms with Crippen LogP contribution in [0.3, 0.4) is 0 Å². The molecule has 7 nitrogen and oxygen atoms in total. The molecule has 3 aromatic rings. The number of hydrogen-bond donors (Lipinski definition) is 1. The first kappa shape index (κ1) is 28.2. The molecule has 2 fully saturated rings. The fourth-order valence-electron chi connectivity index (χ4n) is 5.00. The Kier molecular flexibility index (Phi) is 7.92. The Balaban J connectivity index is 1.14. The molecule has 212 valence electrons. The topological polar surface area (TPSA) is 80.6 Å². The fraction of sp³-hybridized carbons (Fsp3) is 0.414. The molecule has 1 aliphatic carbocycles. The molecule has 1 N–H and O–H groups in total. The van der Waals surface area contributed by atoms with E-state index in [0.29, 0.717) is 43.6 Å². The van der Waals surface area contributed by atoms with Crippen LogP contribution in [-0.2, 0) is 10.7 Å². The minimum Gasteiger partial charge on any atom is -0.486 e. The van der Waals surface area contributed by atoms with Gasteiger partial charge in [0.15, 0.2) is 5.78 Å². The van der Waals surface area contributed by atoms with E-state index in [1.54, 1.807) is 5.01 Å². The number of nitrogens with one attached hydrogen (secondary N) is 1. The van der Waals surface area contributed by atoms with Crippen LogP contribution >= 0.6 is 11.6 Å². The number of carbonyl (C=O) groups excluding carboxylic acids is 2. The number of piperidine rings is 1. The quantitative estimate of drug-likeness (QED) is 0.357. The van der Waals surface area contributed by atoms with Gasteiger partial charge in [0, 0.05) is 49.6 Å². The van der Waals surface area contributed by atoms with Crippen LogP contribution in [0.2, 0.25) is 5.02 Å². The Morgan fingerprint density at radius 3 is 2.40 bits per heavy atom. The van der Waals surface area contributed by atoms with Gasteiger partial charge in [-0.25, -0.2) is 18.2 Å². The molecule has 11 heteroatoms. The lowest BCUT2D eigenvalue weighted by Crippen LogP contribution is -2.48. The molecule has 1 saturated carbocycles. The molecule has 2 heterocycles. The fourth-order valence-corrected chi connectivity index (χ4v) is 5.16. The van der Waals surface area contributed by atoms with E-state index < -0.39 is 23.1 Å². The first-order chi connectivity index (χ1) is 19.0. The van der Waals surface area contributed by atoms with E-state index in [1.807, 2.05) is 4.57 Å². The summed E-state index contributed by atoms with van der Waals surface area (Å²) in [6.07, 6.45) is 4.93. The maximum absolute atomic E-state index is 14.2. The summed E-state index contributed by atoms with van der Waals surface area (Å²) >= 11 is 5.95. The van der Waals surface area contributed by atoms with E-state index in [0.717, 1.165) is 25.8 Å². The highest BCUT2D eigenvalue weighted by Gasteiger charge is 2.29. The first-order valence-corrected chi connectivity index (χ1v) is 13.6. The smallest absolute Gasteiger partial charge is 0.271 e. The second kappa shape index (κ2) is 11.2.